The summed E-state index contributed by atoms with van der Waals surface area (Å²) in [6.07, 6.45) is 1.16. The number of hydrogen-bond acceptors (Lipinski definition) is 3. The van der Waals surface area contributed by atoms with Crippen molar-refractivity contribution in [2.24, 2.45) is 0 Å². The quantitative estimate of drug-likeness (QED) is 0.845. The first-order valence-corrected chi connectivity index (χ1v) is 6.84. The van der Waals surface area contributed by atoms with E-state index in [1.54, 1.807) is 0 Å². The van der Waals surface area contributed by atoms with Gasteiger partial charge < -0.3 is 9.47 Å². The summed E-state index contributed by atoms with van der Waals surface area (Å²) in [5, 5.41) is 2.73. The normalized spacial score (nSPS) is 11.8. The molecule has 19 heavy (non-hydrogen) atoms. The molecule has 1 aromatic rings. The van der Waals surface area contributed by atoms with Gasteiger partial charge in [-0.2, -0.15) is 0 Å². The number of amides is 1. The number of carbonyl (C=O) groups is 1. The van der Waals surface area contributed by atoms with E-state index in [0.717, 1.165) is 29.8 Å². The SMILES string of the molecule is CCOc1ccc(NC(=O)OC(C)CC)cc1CC. The van der Waals surface area contributed by atoms with E-state index in [9.17, 15) is 4.79 Å². The van der Waals surface area contributed by atoms with Crippen molar-refractivity contribution in [1.82, 2.24) is 0 Å². The van der Waals surface area contributed by atoms with Crippen molar-refractivity contribution in [2.75, 3.05) is 11.9 Å². The first kappa shape index (κ1) is 15.3. The summed E-state index contributed by atoms with van der Waals surface area (Å²) in [5.74, 6) is 0.867. The van der Waals surface area contributed by atoms with Gasteiger partial charge in [0.1, 0.15) is 11.9 Å². The third kappa shape index (κ3) is 4.81. The molecule has 0 spiro atoms. The zero-order chi connectivity index (χ0) is 14.3. The maximum Gasteiger partial charge on any atom is 0.411 e. The average molecular weight is 265 g/mol. The average Bonchev–Trinajstić information content (AvgIpc) is 2.40. The van der Waals surface area contributed by atoms with Crippen LogP contribution in [0.25, 0.3) is 0 Å². The monoisotopic (exact) mass is 265 g/mol. The number of aryl methyl sites for hydroxylation is 1. The molecular weight excluding hydrogens is 242 g/mol. The number of carbonyl (C=O) groups excluding carboxylic acids is 1. The lowest BCUT2D eigenvalue weighted by Gasteiger charge is -2.14. The number of ether oxygens (including phenoxy) is 2. The van der Waals surface area contributed by atoms with Gasteiger partial charge in [-0.3, -0.25) is 5.32 Å². The lowest BCUT2D eigenvalue weighted by Crippen LogP contribution is -2.19. The molecule has 0 saturated heterocycles. The molecule has 0 radical (unpaired) electrons. The highest BCUT2D eigenvalue weighted by Crippen LogP contribution is 2.23. The van der Waals surface area contributed by atoms with Gasteiger partial charge in [-0.1, -0.05) is 13.8 Å². The highest BCUT2D eigenvalue weighted by atomic mass is 16.6. The van der Waals surface area contributed by atoms with Crippen LogP contribution in [0.1, 0.15) is 39.7 Å². The van der Waals surface area contributed by atoms with Crippen molar-refractivity contribution < 1.29 is 14.3 Å². The van der Waals surface area contributed by atoms with E-state index in [0.29, 0.717) is 6.61 Å². The highest BCUT2D eigenvalue weighted by molar-refractivity contribution is 5.85. The molecule has 1 N–H and O–H groups in total. The Labute approximate surface area is 115 Å². The van der Waals surface area contributed by atoms with Crippen molar-refractivity contribution >= 4 is 11.8 Å². The lowest BCUT2D eigenvalue weighted by molar-refractivity contribution is 0.118. The van der Waals surface area contributed by atoms with E-state index >= 15 is 0 Å². The first-order chi connectivity index (χ1) is 9.10. The Kier molecular flexibility index (Phi) is 6.19. The summed E-state index contributed by atoms with van der Waals surface area (Å²) in [5.41, 5.74) is 1.80. The summed E-state index contributed by atoms with van der Waals surface area (Å²) < 4.78 is 10.7. The molecule has 0 bridgehead atoms. The molecule has 0 fully saturated rings. The van der Waals surface area contributed by atoms with E-state index < -0.39 is 6.09 Å². The van der Waals surface area contributed by atoms with Crippen LogP contribution in [0, 0.1) is 0 Å². The van der Waals surface area contributed by atoms with Crippen LogP contribution < -0.4 is 10.1 Å². The maximum absolute atomic E-state index is 11.6. The van der Waals surface area contributed by atoms with Crippen LogP contribution >= 0.6 is 0 Å². The van der Waals surface area contributed by atoms with Gasteiger partial charge in [-0.25, -0.2) is 4.79 Å². The minimum absolute atomic E-state index is 0.0756. The Bertz CT molecular complexity index is 418. The van der Waals surface area contributed by atoms with Crippen LogP contribution in [0.2, 0.25) is 0 Å². The second-order valence-electron chi connectivity index (χ2n) is 4.36. The van der Waals surface area contributed by atoms with Gasteiger partial charge in [-0.15, -0.1) is 0 Å². The minimum atomic E-state index is -0.416. The number of benzene rings is 1. The molecule has 1 amide bonds. The number of nitrogens with one attached hydrogen (secondary N) is 1. The maximum atomic E-state index is 11.6. The molecule has 0 aliphatic rings. The molecule has 1 rings (SSSR count). The van der Waals surface area contributed by atoms with Crippen LogP contribution in [0.5, 0.6) is 5.75 Å². The predicted octanol–water partition coefficient (Wildman–Crippen LogP) is 3.99. The van der Waals surface area contributed by atoms with E-state index in [1.165, 1.54) is 0 Å². The second-order valence-corrected chi connectivity index (χ2v) is 4.36. The fraction of sp³-hybridized carbons (Fsp3) is 0.533. The molecule has 0 heterocycles. The smallest absolute Gasteiger partial charge is 0.411 e. The summed E-state index contributed by atoms with van der Waals surface area (Å²) in [4.78, 5) is 11.6. The predicted molar refractivity (Wildman–Crippen MR) is 76.8 cm³/mol. The first-order valence-electron chi connectivity index (χ1n) is 6.84. The third-order valence-corrected chi connectivity index (χ3v) is 2.87. The van der Waals surface area contributed by atoms with Gasteiger partial charge in [0.2, 0.25) is 0 Å². The van der Waals surface area contributed by atoms with Gasteiger partial charge in [-0.05, 0) is 50.5 Å². The summed E-state index contributed by atoms with van der Waals surface area (Å²) in [6, 6.07) is 5.62. The second kappa shape index (κ2) is 7.67. The molecule has 1 unspecified atom stereocenters. The van der Waals surface area contributed by atoms with Crippen molar-refractivity contribution in [3.63, 3.8) is 0 Å². The van der Waals surface area contributed by atoms with Crippen molar-refractivity contribution in [3.8, 4) is 5.75 Å². The zero-order valence-corrected chi connectivity index (χ0v) is 12.2. The molecule has 0 aliphatic carbocycles. The molecule has 0 saturated carbocycles. The van der Waals surface area contributed by atoms with Crippen LogP contribution in [0.15, 0.2) is 18.2 Å². The van der Waals surface area contributed by atoms with Crippen molar-refractivity contribution in [2.45, 2.75) is 46.6 Å². The standard InChI is InChI=1S/C15H23NO3/c1-5-11(4)19-15(17)16-13-8-9-14(18-7-3)12(6-2)10-13/h8-11H,5-7H2,1-4H3,(H,16,17). The molecule has 4 nitrogen and oxygen atoms in total. The third-order valence-electron chi connectivity index (χ3n) is 2.87. The largest absolute Gasteiger partial charge is 0.494 e. The Hall–Kier alpha value is -1.71. The molecule has 0 aromatic heterocycles. The number of hydrogen-bond donors (Lipinski definition) is 1. The van der Waals surface area contributed by atoms with Gasteiger partial charge >= 0.3 is 6.09 Å². The summed E-state index contributed by atoms with van der Waals surface area (Å²) >= 11 is 0. The van der Waals surface area contributed by atoms with Gasteiger partial charge in [0.15, 0.2) is 0 Å². The molecule has 1 aromatic carbocycles. The Morgan fingerprint density at radius 2 is 2.05 bits per heavy atom. The molecule has 106 valence electrons. The summed E-state index contributed by atoms with van der Waals surface area (Å²) in [6.45, 7) is 8.49. The molecular formula is C15H23NO3. The Balaban J connectivity index is 2.71. The fourth-order valence-electron chi connectivity index (χ4n) is 1.64. The molecule has 4 heteroatoms. The van der Waals surface area contributed by atoms with Crippen molar-refractivity contribution in [1.29, 1.82) is 0 Å². The number of anilines is 1. The van der Waals surface area contributed by atoms with E-state index in [-0.39, 0.29) is 6.10 Å². The van der Waals surface area contributed by atoms with Crippen LogP contribution in [-0.2, 0) is 11.2 Å². The minimum Gasteiger partial charge on any atom is -0.494 e. The zero-order valence-electron chi connectivity index (χ0n) is 12.2. The topological polar surface area (TPSA) is 47.6 Å². The number of rotatable bonds is 6. The van der Waals surface area contributed by atoms with E-state index in [2.05, 4.69) is 12.2 Å². The fourth-order valence-corrected chi connectivity index (χ4v) is 1.64. The van der Waals surface area contributed by atoms with Crippen LogP contribution in [0.3, 0.4) is 0 Å². The Morgan fingerprint density at radius 1 is 1.32 bits per heavy atom. The van der Waals surface area contributed by atoms with Crippen LogP contribution in [0.4, 0.5) is 10.5 Å². The van der Waals surface area contributed by atoms with Gasteiger partial charge in [0, 0.05) is 5.69 Å². The summed E-state index contributed by atoms with van der Waals surface area (Å²) in [7, 11) is 0. The molecule has 0 aliphatic heterocycles. The van der Waals surface area contributed by atoms with Crippen molar-refractivity contribution in [3.05, 3.63) is 23.8 Å². The lowest BCUT2D eigenvalue weighted by atomic mass is 10.1. The Morgan fingerprint density at radius 3 is 2.63 bits per heavy atom. The van der Waals surface area contributed by atoms with E-state index in [4.69, 9.17) is 9.47 Å². The van der Waals surface area contributed by atoms with E-state index in [1.807, 2.05) is 39.0 Å². The van der Waals surface area contributed by atoms with Gasteiger partial charge in [0.05, 0.1) is 6.61 Å². The highest BCUT2D eigenvalue weighted by Gasteiger charge is 2.09. The van der Waals surface area contributed by atoms with Gasteiger partial charge in [0.25, 0.3) is 0 Å². The molecule has 1 atom stereocenters. The van der Waals surface area contributed by atoms with Crippen LogP contribution in [-0.4, -0.2) is 18.8 Å².